The highest BCUT2D eigenvalue weighted by Gasteiger charge is 2.35. The van der Waals surface area contributed by atoms with Crippen molar-refractivity contribution in [2.24, 2.45) is 11.8 Å². The molecule has 2 amide bonds. The van der Waals surface area contributed by atoms with Crippen molar-refractivity contribution in [3.8, 4) is 11.5 Å². The molecule has 0 radical (unpaired) electrons. The lowest BCUT2D eigenvalue weighted by Crippen LogP contribution is -2.39. The molecule has 1 saturated heterocycles. The number of aromatic hydroxyl groups is 1. The van der Waals surface area contributed by atoms with E-state index in [1.807, 2.05) is 4.90 Å². The highest BCUT2D eigenvalue weighted by molar-refractivity contribution is 5.97. The molecule has 2 aliphatic carbocycles. The summed E-state index contributed by atoms with van der Waals surface area (Å²) in [4.78, 5) is 29.2. The fourth-order valence-electron chi connectivity index (χ4n) is 7.22. The van der Waals surface area contributed by atoms with E-state index >= 15 is 0 Å². The van der Waals surface area contributed by atoms with Crippen molar-refractivity contribution < 1.29 is 29.3 Å². The Morgan fingerprint density at radius 1 is 1.09 bits per heavy atom. The van der Waals surface area contributed by atoms with Gasteiger partial charge in [-0.1, -0.05) is 30.7 Å². The molecule has 2 heterocycles. The second-order valence-electron chi connectivity index (χ2n) is 13.1. The minimum atomic E-state index is -0.904. The first-order valence-corrected chi connectivity index (χ1v) is 16.8. The zero-order valence-corrected chi connectivity index (χ0v) is 26.2. The van der Waals surface area contributed by atoms with Crippen molar-refractivity contribution in [2.45, 2.75) is 63.5 Å². The third kappa shape index (κ3) is 8.35. The van der Waals surface area contributed by atoms with Crippen LogP contribution in [-0.4, -0.2) is 97.0 Å². The zero-order valence-electron chi connectivity index (χ0n) is 26.2. The van der Waals surface area contributed by atoms with Gasteiger partial charge in [0.2, 0.25) is 5.91 Å². The van der Waals surface area contributed by atoms with Crippen LogP contribution in [0.1, 0.15) is 61.3 Å². The summed E-state index contributed by atoms with van der Waals surface area (Å²) in [6.45, 7) is 5.90. The van der Waals surface area contributed by atoms with Crippen LogP contribution >= 0.6 is 0 Å². The Kier molecular flexibility index (Phi) is 10.6. The number of nitrogens with one attached hydrogen (secondary N) is 2. The number of aliphatic hydroxyl groups excluding tert-OH is 1. The average molecular weight is 621 g/mol. The number of rotatable bonds is 16. The third-order valence-electron chi connectivity index (χ3n) is 9.82. The van der Waals surface area contributed by atoms with E-state index in [2.05, 4.69) is 39.8 Å². The fourth-order valence-corrected chi connectivity index (χ4v) is 7.22. The molecule has 0 aromatic heterocycles. The number of anilines is 1. The minimum absolute atomic E-state index is 0.102. The number of hydrogen-bond donors (Lipinski definition) is 4. The lowest BCUT2D eigenvalue weighted by atomic mass is 10.0. The standard InChI is InChI=1S/C35H48N4O6/c40-30-10-9-29(35-34(30)37-32(42)23-45-35)31(41)20-36-14-16-39(28-7-8-28)33(43)13-18-44-17-12-25-4-1-3-24(19-25)11-15-38-21-26-5-2-6-27(26)22-38/h1,3-4,9-10,19,26-28,31,36,40-41H,2,5-8,11-18,20-23H2,(H,37,42)/t26-,27?,31+/m1/s1. The molecule has 45 heavy (non-hydrogen) atoms. The molecule has 4 aliphatic rings. The smallest absolute Gasteiger partial charge is 0.262 e. The monoisotopic (exact) mass is 620 g/mol. The molecular formula is C35H48N4O6. The maximum absolute atomic E-state index is 13.0. The number of ether oxygens (including phenoxy) is 2. The van der Waals surface area contributed by atoms with Gasteiger partial charge in [-0.05, 0) is 73.6 Å². The Bertz CT molecular complexity index is 1320. The van der Waals surface area contributed by atoms with Crippen molar-refractivity contribution in [1.29, 1.82) is 0 Å². The molecule has 2 aliphatic heterocycles. The molecule has 3 fully saturated rings. The molecule has 1 unspecified atom stereocenters. The quantitative estimate of drug-likeness (QED) is 0.167. The Balaban J connectivity index is 0.870. The highest BCUT2D eigenvalue weighted by Crippen LogP contribution is 2.41. The van der Waals surface area contributed by atoms with Gasteiger partial charge in [-0.3, -0.25) is 9.59 Å². The van der Waals surface area contributed by atoms with Crippen LogP contribution in [0.4, 0.5) is 5.69 Å². The van der Waals surface area contributed by atoms with Crippen molar-refractivity contribution >= 4 is 17.5 Å². The van der Waals surface area contributed by atoms with Crippen LogP contribution in [0.5, 0.6) is 11.5 Å². The van der Waals surface area contributed by atoms with Crippen LogP contribution in [0.15, 0.2) is 36.4 Å². The summed E-state index contributed by atoms with van der Waals surface area (Å²) in [5, 5.41) is 26.6. The molecule has 3 atom stereocenters. The summed E-state index contributed by atoms with van der Waals surface area (Å²) < 4.78 is 11.4. The van der Waals surface area contributed by atoms with Crippen molar-refractivity contribution in [1.82, 2.24) is 15.1 Å². The summed E-state index contributed by atoms with van der Waals surface area (Å²) in [6, 6.07) is 12.2. The van der Waals surface area contributed by atoms with Crippen LogP contribution < -0.4 is 15.4 Å². The summed E-state index contributed by atoms with van der Waals surface area (Å²) in [5.74, 6) is 1.81. The topological polar surface area (TPSA) is 124 Å². The Labute approximate surface area is 266 Å². The van der Waals surface area contributed by atoms with E-state index in [1.54, 1.807) is 6.07 Å². The molecule has 4 N–H and O–H groups in total. The number of nitrogens with zero attached hydrogens (tertiary/aromatic N) is 2. The molecular weight excluding hydrogens is 572 g/mol. The lowest BCUT2D eigenvalue weighted by molar-refractivity contribution is -0.132. The molecule has 6 rings (SSSR count). The molecule has 10 heteroatoms. The van der Waals surface area contributed by atoms with Gasteiger partial charge in [0.1, 0.15) is 11.4 Å². The van der Waals surface area contributed by atoms with Crippen LogP contribution in [0.2, 0.25) is 0 Å². The number of carbonyl (C=O) groups is 2. The number of likely N-dealkylation sites (tertiary alicyclic amines) is 1. The largest absolute Gasteiger partial charge is 0.506 e. The van der Waals surface area contributed by atoms with Crippen molar-refractivity contribution in [3.63, 3.8) is 0 Å². The van der Waals surface area contributed by atoms with E-state index in [0.717, 1.165) is 44.1 Å². The summed E-state index contributed by atoms with van der Waals surface area (Å²) >= 11 is 0. The van der Waals surface area contributed by atoms with Gasteiger partial charge < -0.3 is 40.1 Å². The Hall–Kier alpha value is -3.18. The van der Waals surface area contributed by atoms with Gasteiger partial charge in [-0.25, -0.2) is 0 Å². The molecule has 0 bridgehead atoms. The molecule has 244 valence electrons. The number of amides is 2. The van der Waals surface area contributed by atoms with Gasteiger partial charge in [-0.2, -0.15) is 0 Å². The Morgan fingerprint density at radius 3 is 2.64 bits per heavy atom. The minimum Gasteiger partial charge on any atom is -0.506 e. The van der Waals surface area contributed by atoms with Crippen LogP contribution in [0.3, 0.4) is 0 Å². The van der Waals surface area contributed by atoms with Crippen LogP contribution in [-0.2, 0) is 27.2 Å². The molecule has 2 aromatic rings. The first kappa shape index (κ1) is 31.8. The molecule has 10 nitrogen and oxygen atoms in total. The normalized spacial score (nSPS) is 21.6. The molecule has 2 aromatic carbocycles. The first-order chi connectivity index (χ1) is 21.9. The van der Waals surface area contributed by atoms with E-state index in [-0.39, 0.29) is 48.2 Å². The number of carbonyl (C=O) groups excluding carboxylic acids is 2. The average Bonchev–Trinajstić information content (AvgIpc) is 3.65. The lowest BCUT2D eigenvalue weighted by Gasteiger charge is -2.25. The number of fused-ring (bicyclic) bond motifs is 2. The number of benzene rings is 2. The number of phenolic OH excluding ortho intramolecular Hbond substituents is 1. The maximum atomic E-state index is 13.0. The van der Waals surface area contributed by atoms with Gasteiger partial charge in [0.25, 0.3) is 5.91 Å². The molecule has 0 spiro atoms. The second kappa shape index (κ2) is 14.9. The number of hydrogen-bond acceptors (Lipinski definition) is 8. The van der Waals surface area contributed by atoms with E-state index < -0.39 is 6.10 Å². The van der Waals surface area contributed by atoms with E-state index in [9.17, 15) is 19.8 Å². The van der Waals surface area contributed by atoms with Crippen LogP contribution in [0.25, 0.3) is 0 Å². The van der Waals surface area contributed by atoms with E-state index in [1.165, 1.54) is 49.5 Å². The first-order valence-electron chi connectivity index (χ1n) is 16.8. The fraction of sp³-hybridized carbons (Fsp3) is 0.600. The number of aliphatic hydroxyl groups is 1. The van der Waals surface area contributed by atoms with Gasteiger partial charge in [0, 0.05) is 50.9 Å². The second-order valence-corrected chi connectivity index (χ2v) is 13.1. The predicted octanol–water partition coefficient (Wildman–Crippen LogP) is 3.26. The highest BCUT2D eigenvalue weighted by atomic mass is 16.5. The van der Waals surface area contributed by atoms with Gasteiger partial charge in [0.05, 0.1) is 25.7 Å². The Morgan fingerprint density at radius 2 is 1.87 bits per heavy atom. The zero-order chi connectivity index (χ0) is 31.2. The van der Waals surface area contributed by atoms with E-state index in [0.29, 0.717) is 38.3 Å². The van der Waals surface area contributed by atoms with Crippen molar-refractivity contribution in [3.05, 3.63) is 53.1 Å². The third-order valence-corrected chi connectivity index (χ3v) is 9.82. The van der Waals surface area contributed by atoms with Gasteiger partial charge in [-0.15, -0.1) is 0 Å². The van der Waals surface area contributed by atoms with Crippen LogP contribution in [0, 0.1) is 11.8 Å². The summed E-state index contributed by atoms with van der Waals surface area (Å²) in [5.41, 5.74) is 3.34. The van der Waals surface area contributed by atoms with Crippen molar-refractivity contribution in [2.75, 3.05) is 64.4 Å². The van der Waals surface area contributed by atoms with E-state index in [4.69, 9.17) is 9.47 Å². The summed E-state index contributed by atoms with van der Waals surface area (Å²) in [6.07, 6.45) is 7.72. The molecule has 2 saturated carbocycles. The maximum Gasteiger partial charge on any atom is 0.262 e. The van der Waals surface area contributed by atoms with Gasteiger partial charge in [0.15, 0.2) is 12.4 Å². The number of phenols is 1. The summed E-state index contributed by atoms with van der Waals surface area (Å²) in [7, 11) is 0. The predicted molar refractivity (Wildman–Crippen MR) is 171 cm³/mol. The van der Waals surface area contributed by atoms with Gasteiger partial charge >= 0.3 is 0 Å². The SMILES string of the molecule is O=C1COc2c([C@@H](O)CNCCN(C(=O)CCOCCc3cccc(CCN4CC5CCC[C@@H]5C4)c3)C3CC3)ccc(O)c2N1.